The van der Waals surface area contributed by atoms with Gasteiger partial charge < -0.3 is 4.74 Å². The lowest BCUT2D eigenvalue weighted by atomic mass is 10.0. The Balaban J connectivity index is 1.99. The van der Waals surface area contributed by atoms with Crippen LogP contribution in [0.1, 0.15) is 37.6 Å². The van der Waals surface area contributed by atoms with E-state index in [-0.39, 0.29) is 18.2 Å². The van der Waals surface area contributed by atoms with Gasteiger partial charge in [0.25, 0.3) is 0 Å². The van der Waals surface area contributed by atoms with Crippen LogP contribution in [-0.4, -0.2) is 26.8 Å². The summed E-state index contributed by atoms with van der Waals surface area (Å²) in [5.41, 5.74) is 3.05. The van der Waals surface area contributed by atoms with E-state index in [2.05, 4.69) is 15.2 Å². The quantitative estimate of drug-likeness (QED) is 0.553. The average Bonchev–Trinajstić information content (AvgIpc) is 2.88. The van der Waals surface area contributed by atoms with Crippen molar-refractivity contribution in [3.8, 4) is 17.1 Å². The van der Waals surface area contributed by atoms with Gasteiger partial charge >= 0.3 is 0 Å². The molecule has 154 valence electrons. The molecule has 0 radical (unpaired) electrons. The molecule has 0 unspecified atom stereocenters. The molecule has 0 bridgehead atoms. The van der Waals surface area contributed by atoms with Gasteiger partial charge in [-0.05, 0) is 36.4 Å². The summed E-state index contributed by atoms with van der Waals surface area (Å²) >= 11 is 1.43. The number of thioether (sulfide) groups is 1. The predicted octanol–water partition coefficient (Wildman–Crippen LogP) is 4.93. The molecule has 1 amide bonds. The minimum Gasteiger partial charge on any atom is -0.447 e. The Morgan fingerprint density at radius 2 is 2.00 bits per heavy atom. The maximum absolute atomic E-state index is 14.2. The first-order valence-electron chi connectivity index (χ1n) is 9.75. The molecule has 0 N–H and O–H groups in total. The maximum atomic E-state index is 14.2. The lowest BCUT2D eigenvalue weighted by Crippen LogP contribution is -2.37. The molecule has 1 aliphatic heterocycles. The van der Waals surface area contributed by atoms with Crippen LogP contribution in [0, 0.1) is 12.7 Å². The van der Waals surface area contributed by atoms with E-state index < -0.39 is 12.0 Å². The first kappa shape index (κ1) is 20.3. The zero-order valence-electron chi connectivity index (χ0n) is 16.9. The highest BCUT2D eigenvalue weighted by Crippen LogP contribution is 2.44. The van der Waals surface area contributed by atoms with Crippen molar-refractivity contribution >= 4 is 23.4 Å². The SMILES string of the molecule is CCSc1nnc2c(n1)O[C@@H](c1ccccc1C)N(C(=O)CC)c1ccc(F)cc1-2. The average molecular weight is 425 g/mol. The highest BCUT2D eigenvalue weighted by molar-refractivity contribution is 7.99. The second-order valence-electron chi connectivity index (χ2n) is 6.79. The van der Waals surface area contributed by atoms with Crippen molar-refractivity contribution < 1.29 is 13.9 Å². The van der Waals surface area contributed by atoms with Crippen LogP contribution >= 0.6 is 11.8 Å². The Kier molecular flexibility index (Phi) is 5.67. The number of amides is 1. The van der Waals surface area contributed by atoms with E-state index in [9.17, 15) is 9.18 Å². The van der Waals surface area contributed by atoms with Gasteiger partial charge in [-0.2, -0.15) is 4.98 Å². The molecule has 1 atom stereocenters. The van der Waals surface area contributed by atoms with Crippen molar-refractivity contribution in [2.75, 3.05) is 10.7 Å². The summed E-state index contributed by atoms with van der Waals surface area (Å²) < 4.78 is 20.5. The zero-order valence-corrected chi connectivity index (χ0v) is 17.7. The molecule has 0 saturated heterocycles. The van der Waals surface area contributed by atoms with Gasteiger partial charge in [-0.1, -0.05) is 49.9 Å². The Morgan fingerprint density at radius 3 is 2.73 bits per heavy atom. The molecule has 0 spiro atoms. The maximum Gasteiger partial charge on any atom is 0.247 e. The van der Waals surface area contributed by atoms with Gasteiger partial charge in [0, 0.05) is 17.5 Å². The third kappa shape index (κ3) is 3.63. The lowest BCUT2D eigenvalue weighted by molar-refractivity contribution is -0.120. The number of fused-ring (bicyclic) bond motifs is 3. The Labute approximate surface area is 178 Å². The fraction of sp³-hybridized carbons (Fsp3) is 0.273. The van der Waals surface area contributed by atoms with E-state index in [0.717, 1.165) is 16.9 Å². The number of aryl methyl sites for hydroxylation is 1. The van der Waals surface area contributed by atoms with Gasteiger partial charge in [-0.25, -0.2) is 4.39 Å². The van der Waals surface area contributed by atoms with E-state index in [1.807, 2.05) is 38.1 Å². The monoisotopic (exact) mass is 424 g/mol. The van der Waals surface area contributed by atoms with Gasteiger partial charge in [0.15, 0.2) is 5.69 Å². The molecule has 1 aromatic heterocycles. The van der Waals surface area contributed by atoms with Crippen molar-refractivity contribution in [2.24, 2.45) is 0 Å². The highest BCUT2D eigenvalue weighted by Gasteiger charge is 2.36. The van der Waals surface area contributed by atoms with Gasteiger partial charge in [-0.15, -0.1) is 10.2 Å². The smallest absolute Gasteiger partial charge is 0.247 e. The van der Waals surface area contributed by atoms with Crippen molar-refractivity contribution in [3.05, 3.63) is 59.4 Å². The molecular formula is C22H21FN4O2S. The topological polar surface area (TPSA) is 68.2 Å². The number of carbonyl (C=O) groups excluding carboxylic acids is 1. The minimum absolute atomic E-state index is 0.153. The van der Waals surface area contributed by atoms with Crippen LogP contribution in [0.15, 0.2) is 47.6 Å². The highest BCUT2D eigenvalue weighted by atomic mass is 32.2. The lowest BCUT2D eigenvalue weighted by Gasteiger charge is -2.31. The Hall–Kier alpha value is -3.00. The van der Waals surface area contributed by atoms with Crippen LogP contribution < -0.4 is 9.64 Å². The fourth-order valence-electron chi connectivity index (χ4n) is 3.43. The summed E-state index contributed by atoms with van der Waals surface area (Å²) in [5, 5.41) is 8.91. The first-order valence-corrected chi connectivity index (χ1v) is 10.7. The molecule has 2 heterocycles. The van der Waals surface area contributed by atoms with Crippen molar-refractivity contribution in [2.45, 2.75) is 38.6 Å². The van der Waals surface area contributed by atoms with Crippen LogP contribution in [0.2, 0.25) is 0 Å². The number of ether oxygens (including phenoxy) is 1. The Morgan fingerprint density at radius 1 is 1.20 bits per heavy atom. The van der Waals surface area contributed by atoms with Crippen LogP contribution in [0.5, 0.6) is 5.88 Å². The largest absolute Gasteiger partial charge is 0.447 e. The van der Waals surface area contributed by atoms with E-state index in [4.69, 9.17) is 4.74 Å². The normalized spacial score (nSPS) is 15.1. The van der Waals surface area contributed by atoms with Crippen LogP contribution in [0.25, 0.3) is 11.3 Å². The molecule has 0 aliphatic carbocycles. The summed E-state index contributed by atoms with van der Waals surface area (Å²) in [6.45, 7) is 5.73. The van der Waals surface area contributed by atoms with E-state index in [0.29, 0.717) is 22.1 Å². The number of rotatable bonds is 4. The van der Waals surface area contributed by atoms with E-state index in [1.54, 1.807) is 17.9 Å². The van der Waals surface area contributed by atoms with Crippen LogP contribution in [0.3, 0.4) is 0 Å². The number of benzene rings is 2. The summed E-state index contributed by atoms with van der Waals surface area (Å²) in [4.78, 5) is 19.2. The van der Waals surface area contributed by atoms with Gasteiger partial charge in [-0.3, -0.25) is 9.69 Å². The van der Waals surface area contributed by atoms with E-state index >= 15 is 0 Å². The number of nitrogens with zero attached hydrogens (tertiary/aromatic N) is 4. The molecule has 3 aromatic rings. The number of carbonyl (C=O) groups is 1. The van der Waals surface area contributed by atoms with Gasteiger partial charge in [0.2, 0.25) is 23.2 Å². The molecule has 0 saturated carbocycles. The number of hydrogen-bond donors (Lipinski definition) is 0. The number of halogens is 1. The molecule has 2 aromatic carbocycles. The summed E-state index contributed by atoms with van der Waals surface area (Å²) in [6, 6.07) is 12.0. The second kappa shape index (κ2) is 8.39. The molecule has 4 rings (SSSR count). The fourth-order valence-corrected chi connectivity index (χ4v) is 3.94. The number of anilines is 1. The van der Waals surface area contributed by atoms with Crippen LogP contribution in [-0.2, 0) is 4.79 Å². The zero-order chi connectivity index (χ0) is 21.3. The second-order valence-corrected chi connectivity index (χ2v) is 8.02. The summed E-state index contributed by atoms with van der Waals surface area (Å²) in [7, 11) is 0. The van der Waals surface area contributed by atoms with Gasteiger partial charge in [0.1, 0.15) is 5.82 Å². The number of aromatic nitrogens is 3. The minimum atomic E-state index is -0.764. The summed E-state index contributed by atoms with van der Waals surface area (Å²) in [5.74, 6) is 0.409. The summed E-state index contributed by atoms with van der Waals surface area (Å²) in [6.07, 6.45) is -0.505. The predicted molar refractivity (Wildman–Crippen MR) is 114 cm³/mol. The molecule has 0 fully saturated rings. The van der Waals surface area contributed by atoms with Crippen molar-refractivity contribution in [1.29, 1.82) is 0 Å². The van der Waals surface area contributed by atoms with Crippen molar-refractivity contribution in [1.82, 2.24) is 15.2 Å². The number of hydrogen-bond acceptors (Lipinski definition) is 6. The Bertz CT molecular complexity index is 1110. The van der Waals surface area contributed by atoms with Gasteiger partial charge in [0.05, 0.1) is 5.69 Å². The first-order chi connectivity index (χ1) is 14.5. The van der Waals surface area contributed by atoms with Crippen molar-refractivity contribution in [3.63, 3.8) is 0 Å². The van der Waals surface area contributed by atoms with Crippen LogP contribution in [0.4, 0.5) is 10.1 Å². The standard InChI is InChI=1S/C22H21FN4O2S/c1-4-18(28)27-17-11-10-14(23)12-16(17)19-20(24-22(26-25-19)30-5-2)29-21(27)15-9-7-6-8-13(15)3/h6-12,21H,4-5H2,1-3H3/t21-/m0/s1. The molecule has 30 heavy (non-hydrogen) atoms. The van der Waals surface area contributed by atoms with E-state index in [1.165, 1.54) is 23.9 Å². The molecule has 1 aliphatic rings. The molecular weight excluding hydrogens is 403 g/mol. The third-order valence-electron chi connectivity index (χ3n) is 4.87. The molecule has 8 heteroatoms. The molecule has 6 nitrogen and oxygen atoms in total. The third-order valence-corrected chi connectivity index (χ3v) is 5.59.